The fourth-order valence-corrected chi connectivity index (χ4v) is 2.02. The van der Waals surface area contributed by atoms with E-state index >= 15 is 0 Å². The summed E-state index contributed by atoms with van der Waals surface area (Å²) in [5.41, 5.74) is 0. The zero-order valence-electron chi connectivity index (χ0n) is 12.1. The van der Waals surface area contributed by atoms with Gasteiger partial charge >= 0.3 is 5.97 Å². The molecular weight excluding hydrogens is 244 g/mol. The number of esters is 1. The topological polar surface area (TPSA) is 44.8 Å². The van der Waals surface area contributed by atoms with Gasteiger partial charge in [-0.2, -0.15) is 0 Å². The van der Waals surface area contributed by atoms with Gasteiger partial charge in [-0.1, -0.05) is 13.0 Å². The largest absolute Gasteiger partial charge is 0.466 e. The van der Waals surface area contributed by atoms with Crippen molar-refractivity contribution in [2.24, 2.45) is 5.92 Å². The second-order valence-corrected chi connectivity index (χ2v) is 5.06. The molecule has 4 nitrogen and oxygen atoms in total. The van der Waals surface area contributed by atoms with Gasteiger partial charge in [0, 0.05) is 19.3 Å². The first-order valence-electron chi connectivity index (χ1n) is 7.20. The summed E-state index contributed by atoms with van der Waals surface area (Å²) in [6.07, 6.45) is 9.74. The lowest BCUT2D eigenvalue weighted by molar-refractivity contribution is -0.163. The highest BCUT2D eigenvalue weighted by Gasteiger charge is 2.14. The van der Waals surface area contributed by atoms with Crippen LogP contribution in [0.15, 0.2) is 12.2 Å². The lowest BCUT2D eigenvalue weighted by atomic mass is 10.0. The Morgan fingerprint density at radius 3 is 2.95 bits per heavy atom. The third kappa shape index (κ3) is 8.01. The summed E-state index contributed by atoms with van der Waals surface area (Å²) in [6.45, 7) is 3.79. The number of hydrogen-bond acceptors (Lipinski definition) is 4. The van der Waals surface area contributed by atoms with Gasteiger partial charge in [0.2, 0.25) is 0 Å². The van der Waals surface area contributed by atoms with Crippen LogP contribution in [0.4, 0.5) is 0 Å². The molecule has 4 heteroatoms. The zero-order chi connectivity index (χ0) is 13.9. The van der Waals surface area contributed by atoms with Crippen LogP contribution >= 0.6 is 0 Å². The monoisotopic (exact) mass is 270 g/mol. The number of carbonyl (C=O) groups excluding carboxylic acids is 1. The molecule has 110 valence electrons. The number of hydrogen-bond donors (Lipinski definition) is 0. The normalized spacial score (nSPS) is 21.5. The molecule has 1 aliphatic rings. The Bertz CT molecular complexity index is 269. The van der Waals surface area contributed by atoms with Gasteiger partial charge in [0.05, 0.1) is 7.11 Å². The number of methoxy groups -OCH3 is 1. The molecular formula is C15H26O4. The molecule has 0 aromatic rings. The van der Waals surface area contributed by atoms with E-state index in [9.17, 15) is 4.79 Å². The minimum Gasteiger partial charge on any atom is -0.466 e. The van der Waals surface area contributed by atoms with Crippen molar-refractivity contribution >= 4 is 5.97 Å². The van der Waals surface area contributed by atoms with Crippen LogP contribution in [0.25, 0.3) is 0 Å². The Morgan fingerprint density at radius 1 is 1.42 bits per heavy atom. The summed E-state index contributed by atoms with van der Waals surface area (Å²) >= 11 is 0. The first kappa shape index (κ1) is 16.2. The molecule has 0 aliphatic carbocycles. The molecule has 0 bridgehead atoms. The minimum atomic E-state index is -0.287. The van der Waals surface area contributed by atoms with E-state index < -0.39 is 0 Å². The first-order chi connectivity index (χ1) is 9.22. The van der Waals surface area contributed by atoms with Crippen LogP contribution in [0.2, 0.25) is 0 Å². The molecule has 0 aromatic carbocycles. The van der Waals surface area contributed by atoms with Gasteiger partial charge in [-0.3, -0.25) is 0 Å². The van der Waals surface area contributed by atoms with Crippen molar-refractivity contribution in [2.75, 3.05) is 20.3 Å². The van der Waals surface area contributed by atoms with Crippen LogP contribution < -0.4 is 0 Å². The molecule has 0 N–H and O–H groups in total. The third-order valence-corrected chi connectivity index (χ3v) is 3.33. The van der Waals surface area contributed by atoms with Gasteiger partial charge < -0.3 is 14.2 Å². The number of allylic oxidation sites excluding steroid dienone is 1. The Labute approximate surface area is 116 Å². The summed E-state index contributed by atoms with van der Waals surface area (Å²) in [5.74, 6) is 0.302. The fraction of sp³-hybridized carbons (Fsp3) is 0.800. The van der Waals surface area contributed by atoms with Crippen LogP contribution in [-0.4, -0.2) is 32.6 Å². The number of ether oxygens (including phenoxy) is 3. The van der Waals surface area contributed by atoms with Gasteiger partial charge in [0.25, 0.3) is 0 Å². The molecule has 0 spiro atoms. The van der Waals surface area contributed by atoms with Crippen molar-refractivity contribution in [3.8, 4) is 0 Å². The summed E-state index contributed by atoms with van der Waals surface area (Å²) in [6, 6.07) is 0. The molecule has 1 unspecified atom stereocenters. The van der Waals surface area contributed by atoms with E-state index in [1.54, 1.807) is 0 Å². The number of rotatable bonds is 8. The highest BCUT2D eigenvalue weighted by Crippen LogP contribution is 2.16. The summed E-state index contributed by atoms with van der Waals surface area (Å²) in [7, 11) is 1.39. The fourth-order valence-electron chi connectivity index (χ4n) is 2.02. The van der Waals surface area contributed by atoms with Gasteiger partial charge in [0.1, 0.15) is 0 Å². The quantitative estimate of drug-likeness (QED) is 0.502. The molecule has 1 heterocycles. The van der Waals surface area contributed by atoms with E-state index in [4.69, 9.17) is 9.47 Å². The smallest absolute Gasteiger partial charge is 0.330 e. The van der Waals surface area contributed by atoms with Gasteiger partial charge in [-0.05, 0) is 44.4 Å². The van der Waals surface area contributed by atoms with Gasteiger partial charge in [0.15, 0.2) is 6.29 Å². The predicted octanol–water partition coefficient (Wildman–Crippen LogP) is 3.07. The minimum absolute atomic E-state index is 0.0140. The molecule has 1 rings (SSSR count). The zero-order valence-corrected chi connectivity index (χ0v) is 12.1. The number of carbonyl (C=O) groups is 1. The van der Waals surface area contributed by atoms with Crippen LogP contribution in [0.5, 0.6) is 0 Å². The van der Waals surface area contributed by atoms with E-state index in [2.05, 4.69) is 11.7 Å². The average molecular weight is 270 g/mol. The van der Waals surface area contributed by atoms with Crippen LogP contribution in [0, 0.1) is 5.92 Å². The van der Waals surface area contributed by atoms with Gasteiger partial charge in [-0.25, -0.2) is 4.79 Å². The second kappa shape index (κ2) is 9.98. The molecule has 1 aliphatic heterocycles. The predicted molar refractivity (Wildman–Crippen MR) is 73.7 cm³/mol. The van der Waals surface area contributed by atoms with Crippen molar-refractivity contribution in [2.45, 2.75) is 51.7 Å². The lowest BCUT2D eigenvalue weighted by Gasteiger charge is -2.23. The Kier molecular flexibility index (Phi) is 8.50. The summed E-state index contributed by atoms with van der Waals surface area (Å²) in [5, 5.41) is 0. The Balaban J connectivity index is 1.99. The highest BCUT2D eigenvalue weighted by molar-refractivity contribution is 5.81. The van der Waals surface area contributed by atoms with Crippen LogP contribution in [0.1, 0.15) is 45.4 Å². The van der Waals surface area contributed by atoms with E-state index in [-0.39, 0.29) is 12.3 Å². The van der Waals surface area contributed by atoms with Crippen molar-refractivity contribution in [3.05, 3.63) is 12.2 Å². The summed E-state index contributed by atoms with van der Waals surface area (Å²) < 4.78 is 15.7. The molecule has 2 atom stereocenters. The SMILES string of the molecule is COC(=O)/C=C/CC[C@H](C)CCOC1CCCCO1. The van der Waals surface area contributed by atoms with E-state index in [0.717, 1.165) is 45.3 Å². The van der Waals surface area contributed by atoms with Gasteiger partial charge in [-0.15, -0.1) is 0 Å². The molecule has 1 fully saturated rings. The van der Waals surface area contributed by atoms with Crippen LogP contribution in [0.3, 0.4) is 0 Å². The molecule has 19 heavy (non-hydrogen) atoms. The van der Waals surface area contributed by atoms with Crippen molar-refractivity contribution < 1.29 is 19.0 Å². The highest BCUT2D eigenvalue weighted by atomic mass is 16.7. The average Bonchev–Trinajstić information content (AvgIpc) is 2.44. The lowest BCUT2D eigenvalue weighted by Crippen LogP contribution is -2.23. The molecule has 0 radical (unpaired) electrons. The molecule has 0 saturated carbocycles. The van der Waals surface area contributed by atoms with Crippen LogP contribution in [-0.2, 0) is 19.0 Å². The molecule has 1 saturated heterocycles. The maximum absolute atomic E-state index is 10.9. The molecule has 0 amide bonds. The second-order valence-electron chi connectivity index (χ2n) is 5.06. The van der Waals surface area contributed by atoms with E-state index in [1.165, 1.54) is 19.6 Å². The van der Waals surface area contributed by atoms with Crippen molar-refractivity contribution in [1.29, 1.82) is 0 Å². The van der Waals surface area contributed by atoms with E-state index in [0.29, 0.717) is 5.92 Å². The molecule has 0 aromatic heterocycles. The van der Waals surface area contributed by atoms with Crippen molar-refractivity contribution in [1.82, 2.24) is 0 Å². The maximum Gasteiger partial charge on any atom is 0.330 e. The van der Waals surface area contributed by atoms with Crippen molar-refractivity contribution in [3.63, 3.8) is 0 Å². The summed E-state index contributed by atoms with van der Waals surface area (Å²) in [4.78, 5) is 10.9. The first-order valence-corrected chi connectivity index (χ1v) is 7.20. The Morgan fingerprint density at radius 2 is 2.26 bits per heavy atom. The van der Waals surface area contributed by atoms with E-state index in [1.807, 2.05) is 6.08 Å². The third-order valence-electron chi connectivity index (χ3n) is 3.33. The maximum atomic E-state index is 10.9. The standard InChI is InChI=1S/C15H26O4/c1-13(7-3-4-8-14(16)17-2)10-12-19-15-9-5-6-11-18-15/h4,8,13,15H,3,5-7,9-12H2,1-2H3/b8-4+/t13-,15?/m0/s1. The Hall–Kier alpha value is -0.870.